The summed E-state index contributed by atoms with van der Waals surface area (Å²) < 4.78 is 18.7. The van der Waals surface area contributed by atoms with E-state index >= 15 is 0 Å². The Morgan fingerprint density at radius 2 is 1.96 bits per heavy atom. The van der Waals surface area contributed by atoms with Crippen molar-refractivity contribution in [2.75, 3.05) is 5.32 Å². The highest BCUT2D eigenvalue weighted by molar-refractivity contribution is 5.54. The predicted octanol–water partition coefficient (Wildman–Crippen LogP) is 3.81. The number of hydrogen-bond acceptors (Lipinski definition) is 5. The van der Waals surface area contributed by atoms with E-state index in [1.54, 1.807) is 48.7 Å². The minimum absolute atomic E-state index is 0.213. The van der Waals surface area contributed by atoms with Gasteiger partial charge in [0.05, 0.1) is 11.6 Å². The van der Waals surface area contributed by atoms with Crippen LogP contribution >= 0.6 is 0 Å². The summed E-state index contributed by atoms with van der Waals surface area (Å²) in [7, 11) is 0. The lowest BCUT2D eigenvalue weighted by Gasteiger charge is -2.08. The van der Waals surface area contributed by atoms with Gasteiger partial charge >= 0.3 is 0 Å². The van der Waals surface area contributed by atoms with Gasteiger partial charge < -0.3 is 10.1 Å². The zero-order chi connectivity index (χ0) is 16.8. The summed E-state index contributed by atoms with van der Waals surface area (Å²) >= 11 is 0. The molecule has 1 heterocycles. The van der Waals surface area contributed by atoms with E-state index in [9.17, 15) is 4.39 Å². The van der Waals surface area contributed by atoms with Gasteiger partial charge in [-0.15, -0.1) is 0 Å². The lowest BCUT2D eigenvalue weighted by Crippen LogP contribution is -2.01. The molecule has 0 saturated carbocycles. The van der Waals surface area contributed by atoms with Crippen LogP contribution in [0.1, 0.15) is 11.1 Å². The van der Waals surface area contributed by atoms with Crippen LogP contribution in [0, 0.1) is 17.1 Å². The van der Waals surface area contributed by atoms with Crippen LogP contribution in [0.3, 0.4) is 0 Å². The predicted molar refractivity (Wildman–Crippen MR) is 87.2 cm³/mol. The molecule has 0 bridgehead atoms. The fourth-order valence-corrected chi connectivity index (χ4v) is 2.02. The molecule has 3 rings (SSSR count). The topological polar surface area (TPSA) is 70.8 Å². The van der Waals surface area contributed by atoms with E-state index in [2.05, 4.69) is 21.4 Å². The number of nitriles is 1. The molecule has 5 nitrogen and oxygen atoms in total. The van der Waals surface area contributed by atoms with E-state index in [0.717, 1.165) is 11.3 Å². The zero-order valence-corrected chi connectivity index (χ0v) is 12.6. The third-order valence-corrected chi connectivity index (χ3v) is 3.18. The van der Waals surface area contributed by atoms with E-state index < -0.39 is 0 Å². The average Bonchev–Trinajstić information content (AvgIpc) is 2.61. The van der Waals surface area contributed by atoms with Crippen LogP contribution in [-0.4, -0.2) is 9.97 Å². The van der Waals surface area contributed by atoms with Crippen LogP contribution in [0.5, 0.6) is 5.88 Å². The Morgan fingerprint density at radius 3 is 2.71 bits per heavy atom. The lowest BCUT2D eigenvalue weighted by molar-refractivity contribution is 0.293. The molecular weight excluding hydrogens is 307 g/mol. The summed E-state index contributed by atoms with van der Waals surface area (Å²) in [6.45, 7) is 0.213. The van der Waals surface area contributed by atoms with E-state index in [1.165, 1.54) is 12.1 Å². The Kier molecular flexibility index (Phi) is 4.63. The van der Waals surface area contributed by atoms with Gasteiger partial charge in [0.1, 0.15) is 12.4 Å². The summed E-state index contributed by atoms with van der Waals surface area (Å²) in [5.74, 6) is 0.448. The maximum Gasteiger partial charge on any atom is 0.230 e. The normalized spacial score (nSPS) is 10.0. The van der Waals surface area contributed by atoms with Crippen molar-refractivity contribution in [1.82, 2.24) is 9.97 Å². The molecule has 6 heteroatoms. The summed E-state index contributed by atoms with van der Waals surface area (Å²) in [6, 6.07) is 16.8. The van der Waals surface area contributed by atoms with Gasteiger partial charge in [-0.2, -0.15) is 10.2 Å². The first-order chi connectivity index (χ1) is 11.7. The standard InChI is InChI=1S/C18H13FN4O/c19-15-3-1-2-14(10-15)12-24-17-8-9-21-18(23-17)22-16-6-4-13(11-20)5-7-16/h1-10H,12H2,(H,21,22,23). The number of nitrogens with one attached hydrogen (secondary N) is 1. The molecule has 0 amide bonds. The van der Waals surface area contributed by atoms with Gasteiger partial charge in [0.2, 0.25) is 11.8 Å². The highest BCUT2D eigenvalue weighted by Gasteiger charge is 2.03. The van der Waals surface area contributed by atoms with Crippen LogP contribution in [-0.2, 0) is 6.61 Å². The number of nitrogens with zero attached hydrogens (tertiary/aromatic N) is 3. The number of hydrogen-bond donors (Lipinski definition) is 1. The highest BCUT2D eigenvalue weighted by atomic mass is 19.1. The summed E-state index contributed by atoms with van der Waals surface area (Å²) in [5, 5.41) is 11.8. The first-order valence-corrected chi connectivity index (χ1v) is 7.20. The molecule has 0 aliphatic rings. The maximum atomic E-state index is 13.1. The monoisotopic (exact) mass is 320 g/mol. The maximum absolute atomic E-state index is 13.1. The molecule has 24 heavy (non-hydrogen) atoms. The second-order valence-corrected chi connectivity index (χ2v) is 4.95. The first kappa shape index (κ1) is 15.4. The number of anilines is 2. The van der Waals surface area contributed by atoms with Gasteiger partial charge in [-0.1, -0.05) is 12.1 Å². The third-order valence-electron chi connectivity index (χ3n) is 3.18. The van der Waals surface area contributed by atoms with E-state index in [1.807, 2.05) is 0 Å². The van der Waals surface area contributed by atoms with Gasteiger partial charge in [-0.25, -0.2) is 9.37 Å². The van der Waals surface area contributed by atoms with Crippen LogP contribution in [0.2, 0.25) is 0 Å². The average molecular weight is 320 g/mol. The van der Waals surface area contributed by atoms with E-state index in [0.29, 0.717) is 17.4 Å². The highest BCUT2D eigenvalue weighted by Crippen LogP contribution is 2.16. The molecule has 2 aromatic carbocycles. The molecular formula is C18H13FN4O. The quantitative estimate of drug-likeness (QED) is 0.774. The molecule has 0 unspecified atom stereocenters. The van der Waals surface area contributed by atoms with Gasteiger partial charge in [0, 0.05) is 18.0 Å². The molecule has 0 atom stereocenters. The number of ether oxygens (including phenoxy) is 1. The lowest BCUT2D eigenvalue weighted by atomic mass is 10.2. The number of benzene rings is 2. The van der Waals surface area contributed by atoms with Gasteiger partial charge in [-0.3, -0.25) is 0 Å². The molecule has 118 valence electrons. The largest absolute Gasteiger partial charge is 0.473 e. The van der Waals surface area contributed by atoms with Crippen molar-refractivity contribution in [3.63, 3.8) is 0 Å². The van der Waals surface area contributed by atoms with Crippen molar-refractivity contribution < 1.29 is 9.13 Å². The minimum atomic E-state index is -0.304. The van der Waals surface area contributed by atoms with Crippen molar-refractivity contribution in [3.05, 3.63) is 77.7 Å². The van der Waals surface area contributed by atoms with Gasteiger partial charge in [-0.05, 0) is 42.0 Å². The van der Waals surface area contributed by atoms with E-state index in [-0.39, 0.29) is 12.4 Å². The Morgan fingerprint density at radius 1 is 1.12 bits per heavy atom. The van der Waals surface area contributed by atoms with E-state index in [4.69, 9.17) is 10.00 Å². The summed E-state index contributed by atoms with van der Waals surface area (Å²) in [5.41, 5.74) is 2.06. The van der Waals surface area contributed by atoms with Crippen molar-refractivity contribution in [2.45, 2.75) is 6.61 Å². The minimum Gasteiger partial charge on any atom is -0.473 e. The summed E-state index contributed by atoms with van der Waals surface area (Å²) in [4.78, 5) is 8.36. The molecule has 0 fully saturated rings. The molecule has 0 aliphatic heterocycles. The molecule has 3 aromatic rings. The Balaban J connectivity index is 1.66. The van der Waals surface area contributed by atoms with Gasteiger partial charge in [0.25, 0.3) is 0 Å². The second-order valence-electron chi connectivity index (χ2n) is 4.95. The van der Waals surface area contributed by atoms with Crippen molar-refractivity contribution in [2.24, 2.45) is 0 Å². The van der Waals surface area contributed by atoms with Crippen LogP contribution in [0.15, 0.2) is 60.8 Å². The Labute approximate surface area is 138 Å². The second kappa shape index (κ2) is 7.20. The third kappa shape index (κ3) is 4.05. The molecule has 0 aliphatic carbocycles. The van der Waals surface area contributed by atoms with Crippen molar-refractivity contribution in [3.8, 4) is 11.9 Å². The number of aromatic nitrogens is 2. The van der Waals surface area contributed by atoms with Crippen LogP contribution in [0.25, 0.3) is 0 Å². The Bertz CT molecular complexity index is 875. The first-order valence-electron chi connectivity index (χ1n) is 7.20. The Hall–Kier alpha value is -3.46. The van der Waals surface area contributed by atoms with Crippen LogP contribution in [0.4, 0.5) is 16.0 Å². The van der Waals surface area contributed by atoms with Crippen molar-refractivity contribution in [1.29, 1.82) is 5.26 Å². The van der Waals surface area contributed by atoms with Gasteiger partial charge in [0.15, 0.2) is 0 Å². The summed E-state index contributed by atoms with van der Waals surface area (Å²) in [6.07, 6.45) is 1.57. The van der Waals surface area contributed by atoms with Crippen molar-refractivity contribution >= 4 is 11.6 Å². The zero-order valence-electron chi connectivity index (χ0n) is 12.6. The fraction of sp³-hybridized carbons (Fsp3) is 0.0556. The number of rotatable bonds is 5. The fourth-order valence-electron chi connectivity index (χ4n) is 2.02. The smallest absolute Gasteiger partial charge is 0.230 e. The molecule has 0 radical (unpaired) electrons. The molecule has 0 saturated heterocycles. The molecule has 0 spiro atoms. The molecule has 1 N–H and O–H groups in total. The SMILES string of the molecule is N#Cc1ccc(Nc2nccc(OCc3cccc(F)c3)n2)cc1. The number of halogens is 1. The van der Waals surface area contributed by atoms with Crippen LogP contribution < -0.4 is 10.1 Å². The molecule has 1 aromatic heterocycles.